The fourth-order valence-corrected chi connectivity index (χ4v) is 1.59. The third-order valence-corrected chi connectivity index (χ3v) is 2.76. The molecule has 1 N–H and O–H groups in total. The van der Waals surface area contributed by atoms with Crippen molar-refractivity contribution in [1.82, 2.24) is 0 Å². The molecule has 1 atom stereocenters. The van der Waals surface area contributed by atoms with E-state index in [0.717, 1.165) is 17.7 Å². The third kappa shape index (κ3) is 4.28. The molecule has 4 heteroatoms. The Kier molecular flexibility index (Phi) is 5.49. The Morgan fingerprint density at radius 3 is 2.33 bits per heavy atom. The van der Waals surface area contributed by atoms with Crippen LogP contribution in [0.1, 0.15) is 38.7 Å². The Hall–Kier alpha value is -1.71. The predicted octanol–water partition coefficient (Wildman–Crippen LogP) is 3.06. The fraction of sp³-hybridized carbons (Fsp3) is 0.500. The van der Waals surface area contributed by atoms with Gasteiger partial charge < -0.3 is 14.6 Å². The van der Waals surface area contributed by atoms with E-state index in [9.17, 15) is 4.79 Å². The standard InChI is InChI=1S/C14H20O4/c1-4-10(3)11-6-12(17-5-2)8-13(7-11)18-9-14(15)16/h6-8,10H,4-5,9H2,1-3H3,(H,15,16). The minimum absolute atomic E-state index is 0.338. The van der Waals surface area contributed by atoms with Gasteiger partial charge in [0.15, 0.2) is 6.61 Å². The average molecular weight is 252 g/mol. The van der Waals surface area contributed by atoms with Gasteiger partial charge in [0, 0.05) is 6.07 Å². The molecular weight excluding hydrogens is 232 g/mol. The number of carboxylic acids is 1. The van der Waals surface area contributed by atoms with Gasteiger partial charge in [0.1, 0.15) is 11.5 Å². The molecule has 0 aliphatic rings. The molecule has 0 saturated carbocycles. The second-order valence-corrected chi connectivity index (χ2v) is 4.16. The van der Waals surface area contributed by atoms with Gasteiger partial charge >= 0.3 is 5.97 Å². The van der Waals surface area contributed by atoms with Crippen LogP contribution in [0.4, 0.5) is 0 Å². The van der Waals surface area contributed by atoms with Gasteiger partial charge in [-0.15, -0.1) is 0 Å². The maximum atomic E-state index is 10.5. The zero-order valence-electron chi connectivity index (χ0n) is 11.1. The number of hydrogen-bond donors (Lipinski definition) is 1. The molecular formula is C14H20O4. The molecule has 100 valence electrons. The average Bonchev–Trinajstić information content (AvgIpc) is 2.35. The zero-order valence-corrected chi connectivity index (χ0v) is 11.1. The second-order valence-electron chi connectivity index (χ2n) is 4.16. The molecule has 0 bridgehead atoms. The minimum Gasteiger partial charge on any atom is -0.494 e. The number of benzene rings is 1. The Morgan fingerprint density at radius 2 is 1.83 bits per heavy atom. The highest BCUT2D eigenvalue weighted by Gasteiger charge is 2.09. The van der Waals surface area contributed by atoms with Crippen LogP contribution in [-0.4, -0.2) is 24.3 Å². The molecule has 0 amide bonds. The number of aliphatic carboxylic acids is 1. The maximum absolute atomic E-state index is 10.5. The molecule has 1 rings (SSSR count). The summed E-state index contributed by atoms with van der Waals surface area (Å²) in [7, 11) is 0. The van der Waals surface area contributed by atoms with Crippen molar-refractivity contribution in [1.29, 1.82) is 0 Å². The number of rotatable bonds is 7. The second kappa shape index (κ2) is 6.89. The lowest BCUT2D eigenvalue weighted by atomic mass is 9.98. The quantitative estimate of drug-likeness (QED) is 0.810. The van der Waals surface area contributed by atoms with Gasteiger partial charge in [0.25, 0.3) is 0 Å². The van der Waals surface area contributed by atoms with E-state index in [1.54, 1.807) is 6.07 Å². The first kappa shape index (κ1) is 14.4. The molecule has 0 heterocycles. The summed E-state index contributed by atoms with van der Waals surface area (Å²) in [6, 6.07) is 5.57. The van der Waals surface area contributed by atoms with Gasteiger partial charge in [-0.2, -0.15) is 0 Å². The van der Waals surface area contributed by atoms with Crippen LogP contribution in [0.5, 0.6) is 11.5 Å². The summed E-state index contributed by atoms with van der Waals surface area (Å²) >= 11 is 0. The minimum atomic E-state index is -0.984. The van der Waals surface area contributed by atoms with Crippen molar-refractivity contribution in [2.24, 2.45) is 0 Å². The van der Waals surface area contributed by atoms with Gasteiger partial charge in [-0.05, 0) is 37.0 Å². The van der Waals surface area contributed by atoms with Crippen LogP contribution >= 0.6 is 0 Å². The molecule has 0 radical (unpaired) electrons. The molecule has 0 aliphatic carbocycles. The Morgan fingerprint density at radius 1 is 1.22 bits per heavy atom. The van der Waals surface area contributed by atoms with Crippen molar-refractivity contribution in [3.8, 4) is 11.5 Å². The van der Waals surface area contributed by atoms with Crippen molar-refractivity contribution in [2.45, 2.75) is 33.1 Å². The van der Waals surface area contributed by atoms with Crippen molar-refractivity contribution < 1.29 is 19.4 Å². The largest absolute Gasteiger partial charge is 0.494 e. The van der Waals surface area contributed by atoms with E-state index in [0.29, 0.717) is 18.3 Å². The van der Waals surface area contributed by atoms with Crippen LogP contribution in [0.15, 0.2) is 18.2 Å². The highest BCUT2D eigenvalue weighted by atomic mass is 16.5. The predicted molar refractivity (Wildman–Crippen MR) is 69.4 cm³/mol. The number of hydrogen-bond acceptors (Lipinski definition) is 3. The lowest BCUT2D eigenvalue weighted by molar-refractivity contribution is -0.139. The van der Waals surface area contributed by atoms with Crippen LogP contribution < -0.4 is 9.47 Å². The summed E-state index contributed by atoms with van der Waals surface area (Å²) in [5.41, 5.74) is 1.10. The molecule has 1 aromatic carbocycles. The molecule has 0 aromatic heterocycles. The first-order valence-corrected chi connectivity index (χ1v) is 6.19. The lowest BCUT2D eigenvalue weighted by Crippen LogP contribution is -2.10. The van der Waals surface area contributed by atoms with Crippen LogP contribution in [0.25, 0.3) is 0 Å². The van der Waals surface area contributed by atoms with E-state index in [2.05, 4.69) is 13.8 Å². The lowest BCUT2D eigenvalue weighted by Gasteiger charge is -2.14. The summed E-state index contributed by atoms with van der Waals surface area (Å²) < 4.78 is 10.7. The molecule has 0 spiro atoms. The molecule has 0 saturated heterocycles. The highest BCUT2D eigenvalue weighted by Crippen LogP contribution is 2.29. The monoisotopic (exact) mass is 252 g/mol. The summed E-state index contributed by atoms with van der Waals surface area (Å²) in [6.45, 7) is 6.37. The van der Waals surface area contributed by atoms with Crippen molar-refractivity contribution in [3.63, 3.8) is 0 Å². The zero-order chi connectivity index (χ0) is 13.5. The van der Waals surface area contributed by atoms with Crippen LogP contribution in [0.3, 0.4) is 0 Å². The van der Waals surface area contributed by atoms with E-state index in [1.807, 2.05) is 19.1 Å². The van der Waals surface area contributed by atoms with Gasteiger partial charge in [-0.25, -0.2) is 4.79 Å². The van der Waals surface area contributed by atoms with E-state index in [1.165, 1.54) is 0 Å². The SMILES string of the molecule is CCOc1cc(OCC(=O)O)cc(C(C)CC)c1. The first-order chi connectivity index (χ1) is 8.56. The molecule has 1 aromatic rings. The summed E-state index contributed by atoms with van der Waals surface area (Å²) in [6.07, 6.45) is 1.01. The Labute approximate surface area is 108 Å². The van der Waals surface area contributed by atoms with Crippen molar-refractivity contribution in [3.05, 3.63) is 23.8 Å². The van der Waals surface area contributed by atoms with E-state index in [-0.39, 0.29) is 6.61 Å². The maximum Gasteiger partial charge on any atom is 0.341 e. The van der Waals surface area contributed by atoms with Crippen LogP contribution in [0, 0.1) is 0 Å². The Bertz CT molecular complexity index is 401. The number of carbonyl (C=O) groups is 1. The first-order valence-electron chi connectivity index (χ1n) is 6.19. The fourth-order valence-electron chi connectivity index (χ4n) is 1.59. The van der Waals surface area contributed by atoms with E-state index < -0.39 is 5.97 Å². The molecule has 18 heavy (non-hydrogen) atoms. The van der Waals surface area contributed by atoms with E-state index in [4.69, 9.17) is 14.6 Å². The normalized spacial score (nSPS) is 11.9. The third-order valence-electron chi connectivity index (χ3n) is 2.76. The summed E-state index contributed by atoms with van der Waals surface area (Å²) in [4.78, 5) is 10.5. The van der Waals surface area contributed by atoms with Crippen LogP contribution in [0.2, 0.25) is 0 Å². The van der Waals surface area contributed by atoms with Gasteiger partial charge in [0.05, 0.1) is 6.61 Å². The van der Waals surface area contributed by atoms with Gasteiger partial charge in [-0.3, -0.25) is 0 Å². The Balaban J connectivity index is 2.93. The molecule has 0 aliphatic heterocycles. The van der Waals surface area contributed by atoms with Crippen molar-refractivity contribution >= 4 is 5.97 Å². The van der Waals surface area contributed by atoms with Crippen LogP contribution in [-0.2, 0) is 4.79 Å². The molecule has 0 fully saturated rings. The molecule has 1 unspecified atom stereocenters. The van der Waals surface area contributed by atoms with Gasteiger partial charge in [0.2, 0.25) is 0 Å². The highest BCUT2D eigenvalue weighted by molar-refractivity contribution is 5.68. The topological polar surface area (TPSA) is 55.8 Å². The summed E-state index contributed by atoms with van der Waals surface area (Å²) in [5.74, 6) is 0.661. The molecule has 4 nitrogen and oxygen atoms in total. The smallest absolute Gasteiger partial charge is 0.341 e. The number of carboxylic acid groups (broad SMARTS) is 1. The number of ether oxygens (including phenoxy) is 2. The van der Waals surface area contributed by atoms with E-state index >= 15 is 0 Å². The summed E-state index contributed by atoms with van der Waals surface area (Å²) in [5, 5.41) is 8.62. The van der Waals surface area contributed by atoms with Crippen molar-refractivity contribution in [2.75, 3.05) is 13.2 Å². The van der Waals surface area contributed by atoms with Gasteiger partial charge in [-0.1, -0.05) is 13.8 Å².